The van der Waals surface area contributed by atoms with Crippen molar-refractivity contribution in [1.29, 1.82) is 0 Å². The molecule has 2 aromatic heterocycles. The molecule has 1 atom stereocenters. The van der Waals surface area contributed by atoms with Gasteiger partial charge in [0.15, 0.2) is 17.3 Å². The number of rotatable bonds is 4. The zero-order valence-corrected chi connectivity index (χ0v) is 21.0. The average Bonchev–Trinajstić information content (AvgIpc) is 3.38. The lowest BCUT2D eigenvalue weighted by Gasteiger charge is -2.36. The average molecular weight is 528 g/mol. The molecule has 3 aliphatic heterocycles. The molecule has 38 heavy (non-hydrogen) atoms. The maximum atomic E-state index is 13.6. The number of pyridine rings is 1. The lowest BCUT2D eigenvalue weighted by Crippen LogP contribution is -2.48. The van der Waals surface area contributed by atoms with E-state index in [4.69, 9.17) is 24.4 Å². The Kier molecular flexibility index (Phi) is 6.32. The molecule has 0 spiro atoms. The third-order valence-corrected chi connectivity index (χ3v) is 7.18. The van der Waals surface area contributed by atoms with Crippen LogP contribution in [-0.2, 0) is 6.18 Å². The molecule has 9 nitrogen and oxygen atoms in total. The van der Waals surface area contributed by atoms with Gasteiger partial charge < -0.3 is 24.2 Å². The van der Waals surface area contributed by atoms with Crippen LogP contribution in [0.3, 0.4) is 0 Å². The van der Waals surface area contributed by atoms with Crippen molar-refractivity contribution in [2.24, 2.45) is 0 Å². The SMILES string of the molecule is CC1CCCN1c1nc(-c2ccc3c(c2)OCCO3)nc(N2CCN(c3ncccc3C(F)(F)F)CC2)n1. The molecule has 0 aliphatic carbocycles. The van der Waals surface area contributed by atoms with E-state index in [0.717, 1.165) is 31.0 Å². The summed E-state index contributed by atoms with van der Waals surface area (Å²) in [6.45, 7) is 5.63. The van der Waals surface area contributed by atoms with Crippen LogP contribution in [0.25, 0.3) is 11.4 Å². The van der Waals surface area contributed by atoms with E-state index in [1.807, 2.05) is 23.1 Å². The number of nitrogens with zero attached hydrogens (tertiary/aromatic N) is 7. The first kappa shape index (κ1) is 24.5. The Morgan fingerprint density at radius 3 is 2.34 bits per heavy atom. The zero-order valence-electron chi connectivity index (χ0n) is 21.0. The van der Waals surface area contributed by atoms with E-state index in [1.54, 1.807) is 4.90 Å². The van der Waals surface area contributed by atoms with E-state index in [2.05, 4.69) is 16.8 Å². The van der Waals surface area contributed by atoms with E-state index in [0.29, 0.717) is 74.7 Å². The number of ether oxygens (including phenoxy) is 2. The quantitative estimate of drug-likeness (QED) is 0.500. The number of fused-ring (bicyclic) bond motifs is 1. The number of aromatic nitrogens is 4. The summed E-state index contributed by atoms with van der Waals surface area (Å²) in [7, 11) is 0. The molecule has 200 valence electrons. The molecule has 2 fully saturated rings. The maximum Gasteiger partial charge on any atom is 0.419 e. The number of anilines is 3. The van der Waals surface area contributed by atoms with Crippen molar-refractivity contribution < 1.29 is 22.6 Å². The number of benzene rings is 1. The summed E-state index contributed by atoms with van der Waals surface area (Å²) in [6, 6.07) is 8.33. The Bertz CT molecular complexity index is 1310. The first-order valence-corrected chi connectivity index (χ1v) is 12.8. The lowest BCUT2D eigenvalue weighted by atomic mass is 10.2. The highest BCUT2D eigenvalue weighted by molar-refractivity contribution is 5.64. The molecule has 5 heterocycles. The van der Waals surface area contributed by atoms with Crippen LogP contribution in [0, 0.1) is 0 Å². The van der Waals surface area contributed by atoms with Gasteiger partial charge in [-0.15, -0.1) is 0 Å². The molecule has 0 amide bonds. The fraction of sp³-hybridized carbons (Fsp3) is 0.462. The zero-order chi connectivity index (χ0) is 26.3. The van der Waals surface area contributed by atoms with E-state index in [1.165, 1.54) is 12.3 Å². The molecule has 3 aromatic rings. The molecule has 12 heteroatoms. The van der Waals surface area contributed by atoms with Crippen LogP contribution in [-0.4, -0.2) is 71.9 Å². The fourth-order valence-electron chi connectivity index (χ4n) is 5.15. The van der Waals surface area contributed by atoms with Crippen molar-refractivity contribution in [1.82, 2.24) is 19.9 Å². The number of piperazine rings is 1. The number of halogens is 3. The molecule has 0 N–H and O–H groups in total. The molecule has 0 saturated carbocycles. The predicted octanol–water partition coefficient (Wildman–Crippen LogP) is 4.04. The normalized spacial score (nSPS) is 19.7. The van der Waals surface area contributed by atoms with Crippen LogP contribution < -0.4 is 24.2 Å². The molecule has 0 radical (unpaired) electrons. The number of alkyl halides is 3. The van der Waals surface area contributed by atoms with Gasteiger partial charge in [0.2, 0.25) is 11.9 Å². The van der Waals surface area contributed by atoms with Gasteiger partial charge in [0.1, 0.15) is 19.0 Å². The molecule has 1 unspecified atom stereocenters. The molecular formula is C26H28F3N7O2. The molecule has 3 aliphatic rings. The molecule has 0 bridgehead atoms. The van der Waals surface area contributed by atoms with E-state index < -0.39 is 11.7 Å². The van der Waals surface area contributed by atoms with Gasteiger partial charge >= 0.3 is 6.18 Å². The van der Waals surface area contributed by atoms with Crippen LogP contribution in [0.15, 0.2) is 36.5 Å². The molecule has 6 rings (SSSR count). The highest BCUT2D eigenvalue weighted by atomic mass is 19.4. The Morgan fingerprint density at radius 2 is 1.61 bits per heavy atom. The van der Waals surface area contributed by atoms with Gasteiger partial charge in [-0.3, -0.25) is 0 Å². The summed E-state index contributed by atoms with van der Waals surface area (Å²) in [4.78, 5) is 24.3. The Labute approximate surface area is 218 Å². The first-order chi connectivity index (χ1) is 18.4. The van der Waals surface area contributed by atoms with Crippen molar-refractivity contribution in [3.63, 3.8) is 0 Å². The van der Waals surface area contributed by atoms with Gasteiger partial charge in [-0.1, -0.05) is 0 Å². The van der Waals surface area contributed by atoms with E-state index in [9.17, 15) is 13.2 Å². The van der Waals surface area contributed by atoms with Crippen LogP contribution in [0.1, 0.15) is 25.3 Å². The summed E-state index contributed by atoms with van der Waals surface area (Å²) in [6.07, 6.45) is -0.947. The van der Waals surface area contributed by atoms with Gasteiger partial charge in [0, 0.05) is 50.5 Å². The Balaban J connectivity index is 1.30. The molecule has 1 aromatic carbocycles. The number of hydrogen-bond acceptors (Lipinski definition) is 9. The maximum absolute atomic E-state index is 13.6. The minimum Gasteiger partial charge on any atom is -0.486 e. The third kappa shape index (κ3) is 4.74. The van der Waals surface area contributed by atoms with Gasteiger partial charge in [-0.25, -0.2) is 4.98 Å². The monoisotopic (exact) mass is 527 g/mol. The fourth-order valence-corrected chi connectivity index (χ4v) is 5.15. The summed E-state index contributed by atoms with van der Waals surface area (Å²) in [5.41, 5.74) is 0.0627. The van der Waals surface area contributed by atoms with Gasteiger partial charge in [-0.2, -0.15) is 28.1 Å². The Morgan fingerprint density at radius 1 is 0.868 bits per heavy atom. The predicted molar refractivity (Wildman–Crippen MR) is 136 cm³/mol. The minimum absolute atomic E-state index is 0.0427. The highest BCUT2D eigenvalue weighted by Gasteiger charge is 2.36. The smallest absolute Gasteiger partial charge is 0.419 e. The first-order valence-electron chi connectivity index (χ1n) is 12.8. The second-order valence-corrected chi connectivity index (χ2v) is 9.65. The van der Waals surface area contributed by atoms with Crippen molar-refractivity contribution in [3.8, 4) is 22.9 Å². The van der Waals surface area contributed by atoms with Crippen molar-refractivity contribution in [3.05, 3.63) is 42.1 Å². The Hall–Kier alpha value is -3.83. The topological polar surface area (TPSA) is 79.7 Å². The van der Waals surface area contributed by atoms with Crippen LogP contribution in [0.2, 0.25) is 0 Å². The highest BCUT2D eigenvalue weighted by Crippen LogP contribution is 2.37. The van der Waals surface area contributed by atoms with Crippen LogP contribution in [0.4, 0.5) is 30.9 Å². The van der Waals surface area contributed by atoms with Crippen molar-refractivity contribution in [2.75, 3.05) is 60.6 Å². The van der Waals surface area contributed by atoms with E-state index >= 15 is 0 Å². The van der Waals surface area contributed by atoms with Gasteiger partial charge in [-0.05, 0) is 50.1 Å². The third-order valence-electron chi connectivity index (χ3n) is 7.18. The van der Waals surface area contributed by atoms with E-state index in [-0.39, 0.29) is 5.82 Å². The molecular weight excluding hydrogens is 499 g/mol. The largest absolute Gasteiger partial charge is 0.486 e. The second kappa shape index (κ2) is 9.80. The van der Waals surface area contributed by atoms with Crippen LogP contribution in [0.5, 0.6) is 11.5 Å². The van der Waals surface area contributed by atoms with Gasteiger partial charge in [0.05, 0.1) is 5.56 Å². The summed E-state index contributed by atoms with van der Waals surface area (Å²) < 4.78 is 52.1. The summed E-state index contributed by atoms with van der Waals surface area (Å²) in [5.74, 6) is 2.93. The minimum atomic E-state index is -4.46. The van der Waals surface area contributed by atoms with Crippen molar-refractivity contribution >= 4 is 17.7 Å². The summed E-state index contributed by atoms with van der Waals surface area (Å²) >= 11 is 0. The summed E-state index contributed by atoms with van der Waals surface area (Å²) in [5, 5.41) is 0. The standard InChI is InChI=1S/C26H28F3N7O2/c1-17-4-3-9-36(17)25-32-22(18-6-7-20-21(16-18)38-15-14-37-20)31-24(33-25)35-12-10-34(11-13-35)23-19(26(27,28)29)5-2-8-30-23/h2,5-8,16-17H,3-4,9-15H2,1H3. The second-order valence-electron chi connectivity index (χ2n) is 9.65. The van der Waals surface area contributed by atoms with Gasteiger partial charge in [0.25, 0.3) is 0 Å². The lowest BCUT2D eigenvalue weighted by molar-refractivity contribution is -0.137. The number of hydrogen-bond donors (Lipinski definition) is 0. The van der Waals surface area contributed by atoms with Crippen LogP contribution >= 0.6 is 0 Å². The molecule has 2 saturated heterocycles. The van der Waals surface area contributed by atoms with Crippen molar-refractivity contribution in [2.45, 2.75) is 32.0 Å².